The molecule has 3 heteroatoms. The maximum Gasteiger partial charge on any atom is 0.258 e. The van der Waals surface area contributed by atoms with E-state index in [9.17, 15) is 0 Å². The number of halogens is 1. The molecule has 0 fully saturated rings. The second kappa shape index (κ2) is 6.09. The van der Waals surface area contributed by atoms with E-state index in [1.165, 1.54) is 0 Å². The van der Waals surface area contributed by atoms with E-state index in [0.717, 1.165) is 11.1 Å². The summed E-state index contributed by atoms with van der Waals surface area (Å²) in [6.45, 7) is 17.7. The number of hydrogen-bond acceptors (Lipinski definition) is 1. The van der Waals surface area contributed by atoms with Gasteiger partial charge in [-0.1, -0.05) is 64.1 Å². The lowest BCUT2D eigenvalue weighted by atomic mass is 10.5. The third-order valence-corrected chi connectivity index (χ3v) is 9.86. The molecule has 1 nitrogen and oxygen atoms in total. The normalized spacial score (nSPS) is 12.7. The first-order valence-corrected chi connectivity index (χ1v) is 8.97. The van der Waals surface area contributed by atoms with Gasteiger partial charge < -0.3 is 4.43 Å². The standard InChI is InChI=1S/C12H25BrOSi/c1-9(2)15(10(3)4,11(5)6)14-12(7)8-13/h9-11H,7-8H2,1-6H3. The molecule has 0 aliphatic carbocycles. The van der Waals surface area contributed by atoms with Crippen LogP contribution in [0.25, 0.3) is 0 Å². The summed E-state index contributed by atoms with van der Waals surface area (Å²) in [5, 5.41) is 0.744. The highest BCUT2D eigenvalue weighted by Gasteiger charge is 2.46. The first-order valence-electron chi connectivity index (χ1n) is 5.71. The number of allylic oxidation sites excluding steroid dienone is 1. The highest BCUT2D eigenvalue weighted by molar-refractivity contribution is 9.09. The van der Waals surface area contributed by atoms with Crippen LogP contribution in [-0.4, -0.2) is 13.6 Å². The molecule has 0 unspecified atom stereocenters. The van der Waals surface area contributed by atoms with Crippen LogP contribution < -0.4 is 0 Å². The maximum atomic E-state index is 6.27. The van der Waals surface area contributed by atoms with Crippen molar-refractivity contribution in [3.63, 3.8) is 0 Å². The summed E-state index contributed by atoms with van der Waals surface area (Å²) in [4.78, 5) is 0. The molecule has 0 N–H and O–H groups in total. The van der Waals surface area contributed by atoms with E-state index < -0.39 is 8.32 Å². The van der Waals surface area contributed by atoms with Gasteiger partial charge in [-0.15, -0.1) is 0 Å². The monoisotopic (exact) mass is 292 g/mol. The fourth-order valence-electron chi connectivity index (χ4n) is 2.63. The lowest BCUT2D eigenvalue weighted by Gasteiger charge is -2.42. The third-order valence-electron chi connectivity index (χ3n) is 3.18. The molecule has 90 valence electrons. The van der Waals surface area contributed by atoms with Gasteiger partial charge in [0.1, 0.15) is 0 Å². The van der Waals surface area contributed by atoms with E-state index in [2.05, 4.69) is 64.1 Å². The third kappa shape index (κ3) is 3.35. The van der Waals surface area contributed by atoms with Crippen LogP contribution in [-0.2, 0) is 4.43 Å². The Morgan fingerprint density at radius 1 is 1.07 bits per heavy atom. The van der Waals surface area contributed by atoms with Crippen LogP contribution in [0.4, 0.5) is 0 Å². The van der Waals surface area contributed by atoms with Gasteiger partial charge in [0, 0.05) is 0 Å². The zero-order chi connectivity index (χ0) is 12.2. The SMILES string of the molecule is C=C(CBr)O[Si](C(C)C)(C(C)C)C(C)C. The molecule has 0 aromatic rings. The molecule has 0 rings (SSSR count). The summed E-state index contributed by atoms with van der Waals surface area (Å²) in [7, 11) is -1.74. The average molecular weight is 293 g/mol. The summed E-state index contributed by atoms with van der Waals surface area (Å²) in [5.74, 6) is 0.887. The van der Waals surface area contributed by atoms with Gasteiger partial charge in [0.15, 0.2) is 0 Å². The van der Waals surface area contributed by atoms with Crippen LogP contribution >= 0.6 is 15.9 Å². The summed E-state index contributed by atoms with van der Waals surface area (Å²) in [6, 6.07) is 0. The molecule has 0 amide bonds. The van der Waals surface area contributed by atoms with Crippen LogP contribution in [0.1, 0.15) is 41.5 Å². The Morgan fingerprint density at radius 2 is 1.40 bits per heavy atom. The first kappa shape index (κ1) is 15.2. The van der Waals surface area contributed by atoms with Crippen molar-refractivity contribution in [1.29, 1.82) is 0 Å². The molecule has 0 saturated heterocycles. The van der Waals surface area contributed by atoms with Crippen molar-refractivity contribution in [2.45, 2.75) is 58.2 Å². The van der Waals surface area contributed by atoms with Crippen molar-refractivity contribution in [2.24, 2.45) is 0 Å². The van der Waals surface area contributed by atoms with E-state index in [1.807, 2.05) is 0 Å². The molecule has 0 radical (unpaired) electrons. The molecule has 15 heavy (non-hydrogen) atoms. The van der Waals surface area contributed by atoms with Crippen LogP contribution in [0.15, 0.2) is 12.3 Å². The Kier molecular flexibility index (Phi) is 6.19. The molecule has 0 spiro atoms. The zero-order valence-electron chi connectivity index (χ0n) is 10.9. The van der Waals surface area contributed by atoms with E-state index in [4.69, 9.17) is 4.43 Å². The van der Waals surface area contributed by atoms with E-state index in [0.29, 0.717) is 16.6 Å². The lowest BCUT2D eigenvalue weighted by Crippen LogP contribution is -2.47. The van der Waals surface area contributed by atoms with Gasteiger partial charge in [0.05, 0.1) is 11.1 Å². The Bertz CT molecular complexity index is 190. The van der Waals surface area contributed by atoms with Gasteiger partial charge >= 0.3 is 0 Å². The average Bonchev–Trinajstić information content (AvgIpc) is 2.11. The molecule has 0 heterocycles. The predicted octanol–water partition coefficient (Wildman–Crippen LogP) is 5.09. The molecule has 0 aromatic heterocycles. The smallest absolute Gasteiger partial charge is 0.258 e. The van der Waals surface area contributed by atoms with Crippen molar-refractivity contribution >= 4 is 24.2 Å². The topological polar surface area (TPSA) is 9.23 Å². The molecule has 0 saturated carbocycles. The summed E-state index contributed by atoms with van der Waals surface area (Å²) >= 11 is 3.41. The highest BCUT2D eigenvalue weighted by atomic mass is 79.9. The van der Waals surface area contributed by atoms with Gasteiger partial charge in [-0.05, 0) is 16.6 Å². The quantitative estimate of drug-likeness (QED) is 0.376. The van der Waals surface area contributed by atoms with Gasteiger partial charge in [-0.3, -0.25) is 0 Å². The molecule has 0 aliphatic rings. The largest absolute Gasteiger partial charge is 0.545 e. The Morgan fingerprint density at radius 3 is 1.60 bits per heavy atom. The zero-order valence-corrected chi connectivity index (χ0v) is 13.5. The first-order chi connectivity index (χ1) is 6.78. The number of rotatable bonds is 6. The molecular formula is C12H25BrOSi. The van der Waals surface area contributed by atoms with E-state index >= 15 is 0 Å². The molecule has 0 atom stereocenters. The van der Waals surface area contributed by atoms with Crippen molar-refractivity contribution in [3.8, 4) is 0 Å². The van der Waals surface area contributed by atoms with Crippen molar-refractivity contribution in [3.05, 3.63) is 12.3 Å². The minimum atomic E-state index is -1.74. The van der Waals surface area contributed by atoms with Gasteiger partial charge in [-0.2, -0.15) is 0 Å². The Labute approximate surface area is 105 Å². The van der Waals surface area contributed by atoms with Crippen LogP contribution in [0.2, 0.25) is 16.6 Å². The molecule has 0 aromatic carbocycles. The molecule has 0 aliphatic heterocycles. The van der Waals surface area contributed by atoms with E-state index in [1.54, 1.807) is 0 Å². The fourth-order valence-corrected chi connectivity index (χ4v) is 8.24. The minimum absolute atomic E-state index is 0.619. The van der Waals surface area contributed by atoms with Gasteiger partial charge in [-0.25, -0.2) is 0 Å². The Balaban J connectivity index is 5.05. The summed E-state index contributed by atoms with van der Waals surface area (Å²) in [6.07, 6.45) is 0. The van der Waals surface area contributed by atoms with Crippen molar-refractivity contribution < 1.29 is 4.43 Å². The maximum absolute atomic E-state index is 6.27. The van der Waals surface area contributed by atoms with Crippen molar-refractivity contribution in [1.82, 2.24) is 0 Å². The van der Waals surface area contributed by atoms with E-state index in [-0.39, 0.29) is 0 Å². The van der Waals surface area contributed by atoms with Crippen LogP contribution in [0, 0.1) is 0 Å². The summed E-state index contributed by atoms with van der Waals surface area (Å²) < 4.78 is 6.27. The lowest BCUT2D eigenvalue weighted by molar-refractivity contribution is 0.378. The number of alkyl halides is 1. The van der Waals surface area contributed by atoms with Crippen molar-refractivity contribution in [2.75, 3.05) is 5.33 Å². The number of hydrogen-bond donors (Lipinski definition) is 0. The Hall–Kier alpha value is 0.237. The minimum Gasteiger partial charge on any atom is -0.545 e. The van der Waals surface area contributed by atoms with Gasteiger partial charge in [0.25, 0.3) is 8.32 Å². The van der Waals surface area contributed by atoms with Crippen LogP contribution in [0.3, 0.4) is 0 Å². The second-order valence-electron chi connectivity index (χ2n) is 5.09. The fraction of sp³-hybridized carbons (Fsp3) is 0.833. The predicted molar refractivity (Wildman–Crippen MR) is 75.1 cm³/mol. The summed E-state index contributed by atoms with van der Waals surface area (Å²) in [5.41, 5.74) is 1.86. The highest BCUT2D eigenvalue weighted by Crippen LogP contribution is 2.43. The van der Waals surface area contributed by atoms with Crippen LogP contribution in [0.5, 0.6) is 0 Å². The molecular weight excluding hydrogens is 268 g/mol. The second-order valence-corrected chi connectivity index (χ2v) is 11.0. The molecule has 0 bridgehead atoms. The van der Waals surface area contributed by atoms with Gasteiger partial charge in [0.2, 0.25) is 0 Å².